The largest absolute Gasteiger partial charge is 0.416 e. The van der Waals surface area contributed by atoms with Crippen molar-refractivity contribution in [2.45, 2.75) is 6.18 Å². The number of anilines is 3. The van der Waals surface area contributed by atoms with Crippen molar-refractivity contribution in [1.82, 2.24) is 9.97 Å². The normalized spacial score (nSPS) is 11.3. The first-order valence-corrected chi connectivity index (χ1v) is 8.57. The Hall–Kier alpha value is -3.13. The van der Waals surface area contributed by atoms with Crippen molar-refractivity contribution in [3.63, 3.8) is 0 Å². The maximum Gasteiger partial charge on any atom is 0.416 e. The van der Waals surface area contributed by atoms with Crippen LogP contribution in [0.15, 0.2) is 60.7 Å². The fourth-order valence-corrected chi connectivity index (χ4v) is 2.50. The maximum atomic E-state index is 12.7. The topological polar surface area (TPSA) is 59.1 Å². The number of nitrogens with one attached hydrogen (secondary N) is 2. The Labute approximate surface area is 160 Å². The van der Waals surface area contributed by atoms with E-state index in [1.54, 1.807) is 7.11 Å². The molecule has 3 aromatic rings. The van der Waals surface area contributed by atoms with Crippen LogP contribution >= 0.6 is 0 Å². The number of hydrogen-bond donors (Lipinski definition) is 2. The lowest BCUT2D eigenvalue weighted by molar-refractivity contribution is -0.137. The molecule has 2 N–H and O–H groups in total. The summed E-state index contributed by atoms with van der Waals surface area (Å²) in [4.78, 5) is 8.87. The fraction of sp³-hybridized carbons (Fsp3) is 0.200. The van der Waals surface area contributed by atoms with E-state index in [1.165, 1.54) is 12.1 Å². The van der Waals surface area contributed by atoms with Crippen LogP contribution in [0, 0.1) is 0 Å². The van der Waals surface area contributed by atoms with E-state index >= 15 is 0 Å². The van der Waals surface area contributed by atoms with E-state index < -0.39 is 11.7 Å². The third-order valence-corrected chi connectivity index (χ3v) is 3.88. The van der Waals surface area contributed by atoms with Crippen molar-refractivity contribution in [3.8, 4) is 11.3 Å². The lowest BCUT2D eigenvalue weighted by Crippen LogP contribution is -2.10. The van der Waals surface area contributed by atoms with Gasteiger partial charge in [0, 0.05) is 31.0 Å². The summed E-state index contributed by atoms with van der Waals surface area (Å²) in [5.74, 6) is 0.862. The van der Waals surface area contributed by atoms with E-state index in [0.29, 0.717) is 30.4 Å². The molecule has 0 bridgehead atoms. The number of rotatable bonds is 7. The van der Waals surface area contributed by atoms with E-state index in [4.69, 9.17) is 4.74 Å². The fourth-order valence-electron chi connectivity index (χ4n) is 2.50. The Morgan fingerprint density at radius 2 is 1.68 bits per heavy atom. The van der Waals surface area contributed by atoms with Gasteiger partial charge in [-0.1, -0.05) is 30.3 Å². The molecule has 146 valence electrons. The Balaban J connectivity index is 1.87. The molecule has 28 heavy (non-hydrogen) atoms. The number of ether oxygens (including phenoxy) is 1. The second-order valence-corrected chi connectivity index (χ2v) is 5.95. The quantitative estimate of drug-likeness (QED) is 0.560. The molecule has 0 unspecified atom stereocenters. The molecule has 2 aromatic carbocycles. The molecule has 3 rings (SSSR count). The first kappa shape index (κ1) is 19.6. The number of methoxy groups -OCH3 is 1. The molecule has 1 aromatic heterocycles. The summed E-state index contributed by atoms with van der Waals surface area (Å²) in [5.41, 5.74) is 1.33. The minimum absolute atomic E-state index is 0.279. The number of nitrogens with zero attached hydrogens (tertiary/aromatic N) is 2. The Morgan fingerprint density at radius 3 is 2.32 bits per heavy atom. The van der Waals surface area contributed by atoms with Crippen LogP contribution in [-0.4, -0.2) is 30.2 Å². The Kier molecular flexibility index (Phi) is 6.10. The summed E-state index contributed by atoms with van der Waals surface area (Å²) in [7, 11) is 1.61. The Morgan fingerprint density at radius 1 is 0.964 bits per heavy atom. The third-order valence-electron chi connectivity index (χ3n) is 3.88. The highest BCUT2D eigenvalue weighted by molar-refractivity contribution is 5.66. The molecule has 8 heteroatoms. The standard InChI is InChI=1S/C20H19F3N4O/c1-28-12-11-24-18-13-17(14-5-3-2-4-6-14)26-19(27-18)25-16-9-7-15(8-10-16)20(21,22)23/h2-10,13H,11-12H2,1H3,(H2,24,25,26,27). The lowest BCUT2D eigenvalue weighted by Gasteiger charge is -2.12. The van der Waals surface area contributed by atoms with Gasteiger partial charge in [0.05, 0.1) is 17.9 Å². The molecule has 0 aliphatic carbocycles. The van der Waals surface area contributed by atoms with Gasteiger partial charge in [-0.2, -0.15) is 18.2 Å². The summed E-state index contributed by atoms with van der Waals surface area (Å²) in [6, 6.07) is 16.1. The van der Waals surface area contributed by atoms with Gasteiger partial charge in [0.15, 0.2) is 0 Å². The van der Waals surface area contributed by atoms with Gasteiger partial charge in [-0.3, -0.25) is 0 Å². The molecule has 0 fully saturated rings. The van der Waals surface area contributed by atoms with Gasteiger partial charge in [-0.05, 0) is 24.3 Å². The SMILES string of the molecule is COCCNc1cc(-c2ccccc2)nc(Nc2ccc(C(F)(F)F)cc2)n1. The number of aromatic nitrogens is 2. The second kappa shape index (κ2) is 8.71. The first-order chi connectivity index (χ1) is 13.5. The average Bonchev–Trinajstić information content (AvgIpc) is 2.68. The number of alkyl halides is 3. The highest BCUT2D eigenvalue weighted by atomic mass is 19.4. The predicted octanol–water partition coefficient (Wildman–Crippen LogP) is 4.96. The van der Waals surface area contributed by atoms with Crippen LogP contribution in [-0.2, 0) is 10.9 Å². The van der Waals surface area contributed by atoms with Crippen LogP contribution in [0.2, 0.25) is 0 Å². The van der Waals surface area contributed by atoms with Crippen LogP contribution in [0.25, 0.3) is 11.3 Å². The molecule has 0 radical (unpaired) electrons. The number of halogens is 3. The summed E-state index contributed by atoms with van der Waals surface area (Å²) >= 11 is 0. The van der Waals surface area contributed by atoms with Crippen molar-refractivity contribution in [1.29, 1.82) is 0 Å². The van der Waals surface area contributed by atoms with Crippen molar-refractivity contribution in [2.24, 2.45) is 0 Å². The molecular weight excluding hydrogens is 369 g/mol. The van der Waals surface area contributed by atoms with Crippen LogP contribution in [0.5, 0.6) is 0 Å². The summed E-state index contributed by atoms with van der Waals surface area (Å²) < 4.78 is 43.2. The summed E-state index contributed by atoms with van der Waals surface area (Å²) in [6.07, 6.45) is -4.37. The third kappa shape index (κ3) is 5.20. The van der Waals surface area contributed by atoms with Gasteiger partial charge in [-0.25, -0.2) is 4.98 Å². The van der Waals surface area contributed by atoms with Crippen LogP contribution in [0.4, 0.5) is 30.6 Å². The van der Waals surface area contributed by atoms with Gasteiger partial charge in [0.2, 0.25) is 5.95 Å². The lowest BCUT2D eigenvalue weighted by atomic mass is 10.1. The van der Waals surface area contributed by atoms with Crippen molar-refractivity contribution >= 4 is 17.5 Å². The van der Waals surface area contributed by atoms with Gasteiger partial charge >= 0.3 is 6.18 Å². The molecule has 0 aliphatic rings. The highest BCUT2D eigenvalue weighted by Gasteiger charge is 2.29. The first-order valence-electron chi connectivity index (χ1n) is 8.57. The highest BCUT2D eigenvalue weighted by Crippen LogP contribution is 2.30. The van der Waals surface area contributed by atoms with Gasteiger partial charge in [-0.15, -0.1) is 0 Å². The molecule has 5 nitrogen and oxygen atoms in total. The van der Waals surface area contributed by atoms with Crippen LogP contribution in [0.1, 0.15) is 5.56 Å². The van der Waals surface area contributed by atoms with E-state index in [-0.39, 0.29) is 5.95 Å². The monoisotopic (exact) mass is 388 g/mol. The van der Waals surface area contributed by atoms with E-state index in [2.05, 4.69) is 20.6 Å². The molecule has 0 saturated heterocycles. The molecule has 1 heterocycles. The summed E-state index contributed by atoms with van der Waals surface area (Å²) in [5, 5.41) is 6.11. The molecule has 0 spiro atoms. The summed E-state index contributed by atoms with van der Waals surface area (Å²) in [6.45, 7) is 1.06. The van der Waals surface area contributed by atoms with Crippen LogP contribution < -0.4 is 10.6 Å². The predicted molar refractivity (Wildman–Crippen MR) is 103 cm³/mol. The average molecular weight is 388 g/mol. The number of hydrogen-bond acceptors (Lipinski definition) is 5. The molecular formula is C20H19F3N4O. The smallest absolute Gasteiger partial charge is 0.383 e. The van der Waals surface area contributed by atoms with Crippen molar-refractivity contribution in [3.05, 3.63) is 66.2 Å². The van der Waals surface area contributed by atoms with E-state index in [0.717, 1.165) is 17.7 Å². The zero-order valence-corrected chi connectivity index (χ0v) is 15.1. The van der Waals surface area contributed by atoms with Gasteiger partial charge < -0.3 is 15.4 Å². The second-order valence-electron chi connectivity index (χ2n) is 5.95. The number of benzene rings is 2. The minimum Gasteiger partial charge on any atom is -0.383 e. The van der Waals surface area contributed by atoms with Crippen molar-refractivity contribution in [2.75, 3.05) is 30.9 Å². The molecule has 0 atom stereocenters. The maximum absolute atomic E-state index is 12.7. The molecule has 0 aliphatic heterocycles. The Bertz CT molecular complexity index is 900. The van der Waals surface area contributed by atoms with E-state index in [1.807, 2.05) is 36.4 Å². The minimum atomic E-state index is -4.37. The zero-order valence-electron chi connectivity index (χ0n) is 15.1. The molecule has 0 amide bonds. The van der Waals surface area contributed by atoms with Crippen molar-refractivity contribution < 1.29 is 17.9 Å². The van der Waals surface area contributed by atoms with E-state index in [9.17, 15) is 13.2 Å². The van der Waals surface area contributed by atoms with Gasteiger partial charge in [0.1, 0.15) is 5.82 Å². The van der Waals surface area contributed by atoms with Gasteiger partial charge in [0.25, 0.3) is 0 Å². The molecule has 0 saturated carbocycles. The van der Waals surface area contributed by atoms with Crippen LogP contribution in [0.3, 0.4) is 0 Å². The zero-order chi connectivity index (χ0) is 20.0.